The van der Waals surface area contributed by atoms with Crippen LogP contribution in [0.1, 0.15) is 34.1 Å². The molecular weight excluding hydrogens is 371 g/mol. The van der Waals surface area contributed by atoms with Crippen molar-refractivity contribution in [2.75, 3.05) is 22.5 Å². The van der Waals surface area contributed by atoms with Gasteiger partial charge in [-0.25, -0.2) is 12.8 Å². The molecular formula is C19H19FN2O4S. The predicted molar refractivity (Wildman–Crippen MR) is 101 cm³/mol. The Kier molecular flexibility index (Phi) is 4.77. The van der Waals surface area contributed by atoms with Crippen LogP contribution in [-0.4, -0.2) is 39.5 Å². The van der Waals surface area contributed by atoms with Crippen LogP contribution >= 0.6 is 0 Å². The maximum absolute atomic E-state index is 13.5. The van der Waals surface area contributed by atoms with Crippen molar-refractivity contribution in [3.8, 4) is 0 Å². The minimum Gasteiger partial charge on any atom is -0.304 e. The summed E-state index contributed by atoms with van der Waals surface area (Å²) >= 11 is 0. The molecule has 0 radical (unpaired) electrons. The van der Waals surface area contributed by atoms with Crippen LogP contribution < -0.4 is 9.21 Å². The second kappa shape index (κ2) is 6.77. The fourth-order valence-electron chi connectivity index (χ4n) is 3.10. The highest BCUT2D eigenvalue weighted by atomic mass is 32.2. The third kappa shape index (κ3) is 3.57. The number of fused-ring (bicyclic) bond motifs is 1. The van der Waals surface area contributed by atoms with Crippen LogP contribution in [0.4, 0.5) is 15.8 Å². The Morgan fingerprint density at radius 2 is 1.81 bits per heavy atom. The van der Waals surface area contributed by atoms with Gasteiger partial charge in [-0.2, -0.15) is 0 Å². The second-order valence-corrected chi connectivity index (χ2v) is 8.60. The maximum Gasteiger partial charge on any atom is 0.258 e. The smallest absolute Gasteiger partial charge is 0.258 e. The molecule has 0 fully saturated rings. The van der Waals surface area contributed by atoms with Crippen LogP contribution in [0.15, 0.2) is 42.5 Å². The van der Waals surface area contributed by atoms with E-state index < -0.39 is 15.8 Å². The highest BCUT2D eigenvalue weighted by Crippen LogP contribution is 2.32. The summed E-state index contributed by atoms with van der Waals surface area (Å²) in [5.41, 5.74) is 1.34. The number of carbonyl (C=O) groups excluding carboxylic acids is 2. The summed E-state index contributed by atoms with van der Waals surface area (Å²) in [6.07, 6.45) is 1.20. The lowest BCUT2D eigenvalue weighted by Crippen LogP contribution is -2.44. The summed E-state index contributed by atoms with van der Waals surface area (Å²) in [5, 5.41) is 0. The highest BCUT2D eigenvalue weighted by molar-refractivity contribution is 7.92. The van der Waals surface area contributed by atoms with Gasteiger partial charge in [-0.3, -0.25) is 13.9 Å². The lowest BCUT2D eigenvalue weighted by molar-refractivity contribution is 0.0936. The Morgan fingerprint density at radius 3 is 2.41 bits per heavy atom. The topological polar surface area (TPSA) is 74.8 Å². The van der Waals surface area contributed by atoms with Gasteiger partial charge in [-0.15, -0.1) is 0 Å². The monoisotopic (exact) mass is 390 g/mol. The van der Waals surface area contributed by atoms with Crippen LogP contribution in [0.25, 0.3) is 0 Å². The summed E-state index contributed by atoms with van der Waals surface area (Å²) in [6.45, 7) is 1.76. The molecule has 6 nitrogen and oxygen atoms in total. The molecule has 0 saturated heterocycles. The van der Waals surface area contributed by atoms with E-state index in [1.165, 1.54) is 36.2 Å². The molecule has 142 valence electrons. The molecule has 1 atom stereocenters. The highest BCUT2D eigenvalue weighted by Gasteiger charge is 2.33. The predicted octanol–water partition coefficient (Wildman–Crippen LogP) is 2.84. The average molecular weight is 390 g/mol. The molecule has 27 heavy (non-hydrogen) atoms. The van der Waals surface area contributed by atoms with Gasteiger partial charge >= 0.3 is 0 Å². The molecule has 1 aliphatic rings. The van der Waals surface area contributed by atoms with Crippen molar-refractivity contribution in [1.82, 2.24) is 0 Å². The second-order valence-electron chi connectivity index (χ2n) is 6.59. The molecule has 0 saturated carbocycles. The third-order valence-corrected chi connectivity index (χ3v) is 5.84. The van der Waals surface area contributed by atoms with E-state index >= 15 is 0 Å². The third-order valence-electron chi connectivity index (χ3n) is 4.63. The first-order chi connectivity index (χ1) is 12.6. The molecule has 2 aromatic rings. The van der Waals surface area contributed by atoms with Gasteiger partial charge in [0.2, 0.25) is 10.0 Å². The van der Waals surface area contributed by atoms with Crippen molar-refractivity contribution < 1.29 is 22.4 Å². The lowest BCUT2D eigenvalue weighted by Gasteiger charge is -2.34. The van der Waals surface area contributed by atoms with Crippen molar-refractivity contribution in [2.45, 2.75) is 19.4 Å². The molecule has 2 aromatic carbocycles. The van der Waals surface area contributed by atoms with Crippen LogP contribution in [0.2, 0.25) is 0 Å². The van der Waals surface area contributed by atoms with Gasteiger partial charge < -0.3 is 4.90 Å². The minimum absolute atomic E-state index is 0.108. The molecule has 0 bridgehead atoms. The lowest BCUT2D eigenvalue weighted by atomic mass is 9.94. The van der Waals surface area contributed by atoms with Crippen LogP contribution in [0.5, 0.6) is 0 Å². The summed E-state index contributed by atoms with van der Waals surface area (Å²) < 4.78 is 37.9. The number of ketones is 1. The van der Waals surface area contributed by atoms with Crippen molar-refractivity contribution in [1.29, 1.82) is 0 Å². The van der Waals surface area contributed by atoms with E-state index in [1.54, 1.807) is 19.1 Å². The van der Waals surface area contributed by atoms with Crippen molar-refractivity contribution in [3.05, 3.63) is 59.4 Å². The van der Waals surface area contributed by atoms with Gasteiger partial charge in [0.25, 0.3) is 5.91 Å². The number of sulfonamides is 1. The molecule has 1 unspecified atom stereocenters. The Labute approximate surface area is 157 Å². The zero-order valence-corrected chi connectivity index (χ0v) is 16.0. The first kappa shape index (κ1) is 19.0. The first-order valence-electron chi connectivity index (χ1n) is 8.30. The Bertz CT molecular complexity index is 1020. The molecule has 8 heteroatoms. The van der Waals surface area contributed by atoms with Crippen LogP contribution in [-0.2, 0) is 10.0 Å². The molecule has 1 amide bonds. The zero-order chi connectivity index (χ0) is 19.9. The van der Waals surface area contributed by atoms with Crippen molar-refractivity contribution >= 4 is 33.1 Å². The molecule has 3 rings (SSSR count). The summed E-state index contributed by atoms with van der Waals surface area (Å²) in [4.78, 5) is 26.7. The van der Waals surface area contributed by atoms with E-state index in [4.69, 9.17) is 0 Å². The zero-order valence-electron chi connectivity index (χ0n) is 15.1. The SMILES string of the molecule is CC1CC(=O)c2cc(F)ccc2N1C(=O)c1ccc(N(C)S(C)(=O)=O)cc1. The number of carbonyl (C=O) groups is 2. The van der Waals surface area contributed by atoms with E-state index in [-0.39, 0.29) is 29.7 Å². The number of anilines is 2. The number of hydrogen-bond donors (Lipinski definition) is 0. The largest absolute Gasteiger partial charge is 0.304 e. The fourth-order valence-corrected chi connectivity index (χ4v) is 3.61. The van der Waals surface area contributed by atoms with Crippen LogP contribution in [0, 0.1) is 5.82 Å². The van der Waals surface area contributed by atoms with Gasteiger partial charge in [0.05, 0.1) is 17.6 Å². The van der Waals surface area contributed by atoms with Crippen LogP contribution in [0.3, 0.4) is 0 Å². The Morgan fingerprint density at radius 1 is 1.19 bits per heavy atom. The summed E-state index contributed by atoms with van der Waals surface area (Å²) in [5.74, 6) is -1.07. The van der Waals surface area contributed by atoms with E-state index in [0.29, 0.717) is 16.9 Å². The number of nitrogens with zero attached hydrogens (tertiary/aromatic N) is 2. The molecule has 0 N–H and O–H groups in total. The van der Waals surface area contributed by atoms with E-state index in [1.807, 2.05) is 0 Å². The van der Waals surface area contributed by atoms with E-state index in [9.17, 15) is 22.4 Å². The molecule has 0 aliphatic carbocycles. The van der Waals surface area contributed by atoms with Gasteiger partial charge in [-0.05, 0) is 49.4 Å². The molecule has 1 aliphatic heterocycles. The van der Waals surface area contributed by atoms with Gasteiger partial charge in [0, 0.05) is 30.6 Å². The molecule has 0 spiro atoms. The fraction of sp³-hybridized carbons (Fsp3) is 0.263. The average Bonchev–Trinajstić information content (AvgIpc) is 2.61. The van der Waals surface area contributed by atoms with Gasteiger partial charge in [0.1, 0.15) is 5.82 Å². The molecule has 0 aromatic heterocycles. The van der Waals surface area contributed by atoms with Gasteiger partial charge in [-0.1, -0.05) is 0 Å². The van der Waals surface area contributed by atoms with Crippen molar-refractivity contribution in [3.63, 3.8) is 0 Å². The number of benzene rings is 2. The molecule has 1 heterocycles. The summed E-state index contributed by atoms with van der Waals surface area (Å²) in [6, 6.07) is 9.57. The number of halogens is 1. The number of Topliss-reactive ketones (excluding diaryl/α,β-unsaturated/α-hetero) is 1. The van der Waals surface area contributed by atoms with Crippen molar-refractivity contribution in [2.24, 2.45) is 0 Å². The quantitative estimate of drug-likeness (QED) is 0.808. The summed E-state index contributed by atoms with van der Waals surface area (Å²) in [7, 11) is -1.98. The first-order valence-corrected chi connectivity index (χ1v) is 10.1. The van der Waals surface area contributed by atoms with E-state index in [0.717, 1.165) is 16.6 Å². The number of hydrogen-bond acceptors (Lipinski definition) is 4. The number of rotatable bonds is 3. The standard InChI is InChI=1S/C19H19FN2O4S/c1-12-10-18(23)16-11-14(20)6-9-17(16)22(12)19(24)13-4-7-15(8-5-13)21(2)27(3,25)26/h4-9,11-12H,10H2,1-3H3. The van der Waals surface area contributed by atoms with E-state index in [2.05, 4.69) is 0 Å². The van der Waals surface area contributed by atoms with Gasteiger partial charge in [0.15, 0.2) is 5.78 Å². The number of amides is 1. The Hall–Kier alpha value is -2.74. The Balaban J connectivity index is 1.96. The maximum atomic E-state index is 13.5. The normalized spacial score (nSPS) is 16.8. The minimum atomic E-state index is -3.40.